The van der Waals surface area contributed by atoms with Gasteiger partial charge in [0.05, 0.1) is 5.82 Å². The monoisotopic (exact) mass is 180 g/mol. The van der Waals surface area contributed by atoms with Gasteiger partial charge in [0.1, 0.15) is 5.82 Å². The largest absolute Gasteiger partial charge is 0.370 e. The van der Waals surface area contributed by atoms with Crippen molar-refractivity contribution in [1.82, 2.24) is 15.3 Å². The minimum atomic E-state index is -0.711. The first kappa shape index (κ1) is 7.97. The predicted octanol–water partition coefficient (Wildman–Crippen LogP) is 0.496. The van der Waals surface area contributed by atoms with Crippen molar-refractivity contribution in [3.63, 3.8) is 0 Å². The molecule has 2 rings (SSSR count). The third kappa shape index (κ3) is 1.44. The molecule has 1 aromatic heterocycles. The number of hydrogen-bond acceptors (Lipinski definition) is 4. The number of anilines is 1. The summed E-state index contributed by atoms with van der Waals surface area (Å²) in [5.41, 5.74) is 0. The highest BCUT2D eigenvalue weighted by atomic mass is 19.1. The molecule has 68 valence electrons. The Balaban J connectivity index is 2.29. The Morgan fingerprint density at radius 3 is 3.08 bits per heavy atom. The van der Waals surface area contributed by atoms with Gasteiger partial charge in [0.2, 0.25) is 0 Å². The van der Waals surface area contributed by atoms with Crippen molar-refractivity contribution >= 4 is 5.82 Å². The van der Waals surface area contributed by atoms with Gasteiger partial charge in [0, 0.05) is 19.3 Å². The summed E-state index contributed by atoms with van der Waals surface area (Å²) in [5.74, 6) is 1.29. The van der Waals surface area contributed by atoms with Crippen LogP contribution in [0.4, 0.5) is 10.2 Å². The summed E-state index contributed by atoms with van der Waals surface area (Å²) in [6, 6.07) is 1.65. The smallest absolute Gasteiger partial charge is 0.310 e. The quantitative estimate of drug-likeness (QED) is 0.639. The maximum absolute atomic E-state index is 12.6. The van der Waals surface area contributed by atoms with E-state index in [2.05, 4.69) is 21.9 Å². The highest BCUT2D eigenvalue weighted by molar-refractivity contribution is 5.45. The van der Waals surface area contributed by atoms with Crippen LogP contribution in [0.3, 0.4) is 0 Å². The van der Waals surface area contributed by atoms with Gasteiger partial charge in [0.15, 0.2) is 0 Å². The zero-order valence-corrected chi connectivity index (χ0v) is 7.00. The molecule has 13 heavy (non-hydrogen) atoms. The molecule has 2 heterocycles. The summed E-state index contributed by atoms with van der Waals surface area (Å²) in [6.07, 6.45) is 0.681. The molecule has 1 aliphatic rings. The fourth-order valence-corrected chi connectivity index (χ4v) is 1.27. The van der Waals surface area contributed by atoms with Crippen LogP contribution in [0, 0.1) is 6.08 Å². The van der Waals surface area contributed by atoms with Crippen LogP contribution in [0.2, 0.25) is 0 Å². The van der Waals surface area contributed by atoms with E-state index in [1.54, 1.807) is 6.07 Å². The number of halogens is 1. The van der Waals surface area contributed by atoms with Crippen molar-refractivity contribution < 1.29 is 4.39 Å². The molecule has 1 N–H and O–H groups in total. The first-order chi connectivity index (χ1) is 6.27. The highest BCUT2D eigenvalue weighted by Gasteiger charge is 2.17. The van der Waals surface area contributed by atoms with Gasteiger partial charge >= 0.3 is 6.08 Å². The minimum absolute atomic E-state index is 0.544. The second kappa shape index (κ2) is 3.01. The minimum Gasteiger partial charge on any atom is -0.370 e. The van der Waals surface area contributed by atoms with Crippen LogP contribution in [-0.4, -0.2) is 23.1 Å². The van der Waals surface area contributed by atoms with Crippen LogP contribution in [0.15, 0.2) is 24.7 Å². The summed E-state index contributed by atoms with van der Waals surface area (Å²) in [7, 11) is 0. The second-order valence-corrected chi connectivity index (χ2v) is 2.71. The van der Waals surface area contributed by atoms with Crippen molar-refractivity contribution in [2.24, 2.45) is 0 Å². The Kier molecular flexibility index (Phi) is 1.84. The average molecular weight is 180 g/mol. The molecule has 0 aliphatic carbocycles. The van der Waals surface area contributed by atoms with Gasteiger partial charge in [-0.25, -0.2) is 4.98 Å². The van der Waals surface area contributed by atoms with Gasteiger partial charge in [-0.2, -0.15) is 9.37 Å². The summed E-state index contributed by atoms with van der Waals surface area (Å²) in [4.78, 5) is 8.84. The van der Waals surface area contributed by atoms with Crippen molar-refractivity contribution in [2.75, 3.05) is 18.0 Å². The maximum atomic E-state index is 12.6. The zero-order chi connectivity index (χ0) is 9.26. The molecular weight excluding hydrogens is 171 g/mol. The van der Waals surface area contributed by atoms with E-state index in [1.165, 1.54) is 6.20 Å². The molecule has 0 spiro atoms. The molecule has 4 nitrogen and oxygen atoms in total. The Hall–Kier alpha value is -1.65. The van der Waals surface area contributed by atoms with Gasteiger partial charge in [-0.3, -0.25) is 0 Å². The number of nitrogens with one attached hydrogen (secondary N) is 1. The number of nitrogens with zero attached hydrogens (tertiary/aromatic N) is 3. The maximum Gasteiger partial charge on any atom is 0.310 e. The topological polar surface area (TPSA) is 41.0 Å². The first-order valence-corrected chi connectivity index (χ1v) is 3.96. The second-order valence-electron chi connectivity index (χ2n) is 2.71. The lowest BCUT2D eigenvalue weighted by Crippen LogP contribution is -2.19. The molecule has 1 aliphatic heterocycles. The lowest BCUT2D eigenvalue weighted by Gasteiger charge is -2.15. The molecular formula is C8H9FN4. The molecule has 5 heteroatoms. The summed E-state index contributed by atoms with van der Waals surface area (Å²) < 4.78 is 12.6. The summed E-state index contributed by atoms with van der Waals surface area (Å²) in [5, 5.41) is 3.04. The summed E-state index contributed by atoms with van der Waals surface area (Å²) >= 11 is 0. The van der Waals surface area contributed by atoms with Crippen LogP contribution in [0.25, 0.3) is 0 Å². The molecule has 1 saturated heterocycles. The van der Waals surface area contributed by atoms with Gasteiger partial charge in [-0.1, -0.05) is 6.58 Å². The van der Waals surface area contributed by atoms with Crippen LogP contribution in [0.1, 0.15) is 0 Å². The molecule has 0 amide bonds. The molecule has 0 atom stereocenters. The van der Waals surface area contributed by atoms with E-state index in [4.69, 9.17) is 0 Å². The van der Waals surface area contributed by atoms with Gasteiger partial charge in [-0.05, 0) is 6.07 Å². The molecule has 0 aromatic carbocycles. The Labute approximate surface area is 75.1 Å². The lowest BCUT2D eigenvalue weighted by atomic mass is 10.5. The number of hydrogen-bond donors (Lipinski definition) is 1. The van der Waals surface area contributed by atoms with E-state index >= 15 is 0 Å². The van der Waals surface area contributed by atoms with E-state index in [0.717, 1.165) is 18.9 Å². The van der Waals surface area contributed by atoms with Crippen LogP contribution in [0.5, 0.6) is 0 Å². The summed E-state index contributed by atoms with van der Waals surface area (Å²) in [6.45, 7) is 5.34. The van der Waals surface area contributed by atoms with Crippen molar-refractivity contribution in [3.05, 3.63) is 30.7 Å². The molecule has 0 saturated carbocycles. The molecule has 1 fully saturated rings. The predicted molar refractivity (Wildman–Crippen MR) is 46.5 cm³/mol. The lowest BCUT2D eigenvalue weighted by molar-refractivity contribution is 0.538. The van der Waals surface area contributed by atoms with Crippen LogP contribution < -0.4 is 10.2 Å². The van der Waals surface area contributed by atoms with Gasteiger partial charge in [-0.15, -0.1) is 0 Å². The average Bonchev–Trinajstić information content (AvgIpc) is 2.51. The van der Waals surface area contributed by atoms with Crippen LogP contribution >= 0.6 is 0 Å². The number of rotatable bonds is 1. The zero-order valence-electron chi connectivity index (χ0n) is 7.00. The van der Waals surface area contributed by atoms with E-state index in [0.29, 0.717) is 5.82 Å². The highest BCUT2D eigenvalue weighted by Crippen LogP contribution is 2.15. The Morgan fingerprint density at radius 1 is 1.62 bits per heavy atom. The van der Waals surface area contributed by atoms with Crippen molar-refractivity contribution in [3.8, 4) is 0 Å². The van der Waals surface area contributed by atoms with Crippen molar-refractivity contribution in [1.29, 1.82) is 0 Å². The fraction of sp³-hybridized carbons (Fsp3) is 0.250. The Morgan fingerprint density at radius 2 is 2.46 bits per heavy atom. The molecule has 0 unspecified atom stereocenters. The number of aromatic nitrogens is 2. The molecule has 0 radical (unpaired) electrons. The molecule has 1 aromatic rings. The van der Waals surface area contributed by atoms with Gasteiger partial charge in [0.25, 0.3) is 0 Å². The normalized spacial score (nSPS) is 16.1. The molecule has 0 bridgehead atoms. The SMILES string of the molecule is C=C1NCCN1c1ccnc(F)n1. The first-order valence-electron chi connectivity index (χ1n) is 3.96. The standard InChI is InChI=1S/C8H9FN4/c1-6-10-4-5-13(6)7-2-3-11-8(9)12-7/h2-3,10H,1,4-5H2. The van der Waals surface area contributed by atoms with E-state index in [-0.39, 0.29) is 0 Å². The third-order valence-electron chi connectivity index (χ3n) is 1.88. The fourth-order valence-electron chi connectivity index (χ4n) is 1.27. The van der Waals surface area contributed by atoms with Crippen LogP contribution in [-0.2, 0) is 0 Å². The van der Waals surface area contributed by atoms with E-state index in [9.17, 15) is 4.39 Å². The van der Waals surface area contributed by atoms with E-state index < -0.39 is 6.08 Å². The van der Waals surface area contributed by atoms with E-state index in [1.807, 2.05) is 4.90 Å². The Bertz CT molecular complexity index is 339. The van der Waals surface area contributed by atoms with Gasteiger partial charge < -0.3 is 10.2 Å². The van der Waals surface area contributed by atoms with Crippen molar-refractivity contribution in [2.45, 2.75) is 0 Å². The third-order valence-corrected chi connectivity index (χ3v) is 1.88.